The molecule has 1 rings (SSSR count). The Morgan fingerprint density at radius 2 is 0.944 bits per heavy atom. The molecule has 0 aromatic rings. The van der Waals surface area contributed by atoms with Crippen LogP contribution in [0.15, 0.2) is 0 Å². The van der Waals surface area contributed by atoms with E-state index in [9.17, 15) is 0 Å². The molecule has 0 amide bonds. The van der Waals surface area contributed by atoms with Crippen LogP contribution >= 0.6 is 0 Å². The van der Waals surface area contributed by atoms with Gasteiger partial charge >= 0.3 is 0 Å². The maximum atomic E-state index is 8.79. The molecule has 1 aliphatic rings. The third-order valence-corrected chi connectivity index (χ3v) is 2.48. The summed E-state index contributed by atoms with van der Waals surface area (Å²) >= 11 is 0. The summed E-state index contributed by atoms with van der Waals surface area (Å²) in [6, 6.07) is 0. The van der Waals surface area contributed by atoms with Crippen LogP contribution in [0.3, 0.4) is 0 Å². The van der Waals surface area contributed by atoms with E-state index in [1.807, 2.05) is 0 Å². The molecule has 0 bridgehead atoms. The van der Waals surface area contributed by atoms with E-state index in [-0.39, 0.29) is 0 Å². The van der Waals surface area contributed by atoms with Crippen LogP contribution in [0, 0.1) is 42.5 Å². The molecule has 0 radical (unpaired) electrons. The van der Waals surface area contributed by atoms with E-state index < -0.39 is 10.2 Å². The third-order valence-electron chi connectivity index (χ3n) is 2.48. The second kappa shape index (κ2) is 11.8. The first-order valence-electron chi connectivity index (χ1n) is 5.18. The molecule has 0 unspecified atom stereocenters. The number of nitrogens with zero attached hydrogens (tertiary/aromatic N) is 2. The lowest BCUT2D eigenvalue weighted by atomic mass is 9.83. The second-order valence-electron chi connectivity index (χ2n) is 3.70. The number of hydrogen-bond donors (Lipinski definition) is 2. The molecule has 0 aromatic heterocycles. The van der Waals surface area contributed by atoms with E-state index in [0.717, 1.165) is 25.7 Å². The number of rotatable bonds is 2. The van der Waals surface area contributed by atoms with Gasteiger partial charge in [-0.05, 0) is 37.5 Å². The highest BCUT2D eigenvalue weighted by Gasteiger charge is 2.19. The van der Waals surface area contributed by atoms with Gasteiger partial charge in [-0.25, -0.2) is 0 Å². The Kier molecular flexibility index (Phi) is 12.2. The van der Waals surface area contributed by atoms with Crippen molar-refractivity contribution >= 4 is 0 Å². The summed E-state index contributed by atoms with van der Waals surface area (Å²) in [6.07, 6.45) is 4.40. The highest BCUT2D eigenvalue weighted by atomic mass is 16.9. The van der Waals surface area contributed by atoms with Gasteiger partial charge in [0.15, 0.2) is 0 Å². The zero-order valence-electron chi connectivity index (χ0n) is 9.64. The zero-order valence-corrected chi connectivity index (χ0v) is 9.64. The van der Waals surface area contributed by atoms with Crippen LogP contribution in [-0.2, 0) is 0 Å². The van der Waals surface area contributed by atoms with Crippen LogP contribution in [0.4, 0.5) is 0 Å². The van der Waals surface area contributed by atoms with Crippen molar-refractivity contribution in [2.45, 2.75) is 25.7 Å². The van der Waals surface area contributed by atoms with E-state index in [1.54, 1.807) is 0 Å². The van der Waals surface area contributed by atoms with Crippen molar-refractivity contribution in [2.24, 2.45) is 11.8 Å². The van der Waals surface area contributed by atoms with E-state index in [1.165, 1.54) is 0 Å². The van der Waals surface area contributed by atoms with Gasteiger partial charge in [0.05, 0.1) is 10.2 Å². The largest absolute Gasteiger partial charge is 0.396 e. The van der Waals surface area contributed by atoms with Crippen molar-refractivity contribution in [2.75, 3.05) is 13.2 Å². The van der Waals surface area contributed by atoms with Gasteiger partial charge in [0.1, 0.15) is 0 Å². The Morgan fingerprint density at radius 3 is 1.06 bits per heavy atom. The molecule has 0 heterocycles. The maximum Gasteiger partial charge on any atom is 0.0689 e. The lowest BCUT2D eigenvalue weighted by Gasteiger charge is -2.25. The maximum absolute atomic E-state index is 8.79. The van der Waals surface area contributed by atoms with Crippen LogP contribution < -0.4 is 0 Å². The first-order valence-corrected chi connectivity index (χ1v) is 5.18. The van der Waals surface area contributed by atoms with Crippen LogP contribution in [0.2, 0.25) is 0 Å². The lowest BCUT2D eigenvalue weighted by Crippen LogP contribution is -2.19. The topological polar surface area (TPSA) is 173 Å². The van der Waals surface area contributed by atoms with Crippen molar-refractivity contribution < 1.29 is 20.4 Å². The minimum Gasteiger partial charge on any atom is -0.396 e. The molecule has 0 aromatic carbocycles. The zero-order chi connectivity index (χ0) is 14.6. The predicted molar refractivity (Wildman–Crippen MR) is 60.3 cm³/mol. The van der Waals surface area contributed by atoms with Gasteiger partial charge in [-0.1, -0.05) is 0 Å². The average Bonchev–Trinajstić information content (AvgIpc) is 2.28. The molecule has 2 N–H and O–H groups in total. The van der Waals surface area contributed by atoms with E-state index >= 15 is 0 Å². The van der Waals surface area contributed by atoms with Gasteiger partial charge in [-0.15, -0.1) is 0 Å². The number of aliphatic hydroxyl groups is 2. The van der Waals surface area contributed by atoms with Gasteiger partial charge in [0, 0.05) is 13.2 Å². The quantitative estimate of drug-likeness (QED) is 0.531. The summed E-state index contributed by atoms with van der Waals surface area (Å²) in [7, 11) is 0. The minimum absolute atomic E-state index is 0.331. The Labute approximate surface area is 103 Å². The minimum atomic E-state index is -1.75. The summed E-state index contributed by atoms with van der Waals surface area (Å²) in [5.41, 5.74) is 0. The normalized spacial score (nSPS) is 21.7. The summed E-state index contributed by atoms with van der Waals surface area (Å²) < 4.78 is 0. The molecule has 0 atom stereocenters. The highest BCUT2D eigenvalue weighted by molar-refractivity contribution is 4.70. The molecular weight excluding hydrogens is 252 g/mol. The molecule has 0 spiro atoms. The summed E-state index contributed by atoms with van der Waals surface area (Å²) in [5, 5.41) is 47.1. The smallest absolute Gasteiger partial charge is 0.0689 e. The van der Waals surface area contributed by atoms with Gasteiger partial charge in [-0.2, -0.15) is 0 Å². The Hall–Kier alpha value is -1.68. The molecule has 18 heavy (non-hydrogen) atoms. The van der Waals surface area contributed by atoms with Crippen molar-refractivity contribution in [3.05, 3.63) is 30.6 Å². The molecule has 1 fully saturated rings. The fraction of sp³-hybridized carbons (Fsp3) is 1.00. The second-order valence-corrected chi connectivity index (χ2v) is 3.70. The highest BCUT2D eigenvalue weighted by Crippen LogP contribution is 2.27. The van der Waals surface area contributed by atoms with Crippen molar-refractivity contribution in [3.63, 3.8) is 0 Å². The van der Waals surface area contributed by atoms with Crippen molar-refractivity contribution in [3.8, 4) is 0 Å². The number of hydrogen-bond acceptors (Lipinski definition) is 8. The van der Waals surface area contributed by atoms with Crippen LogP contribution in [0.5, 0.6) is 0 Å². The Balaban J connectivity index is 0. The van der Waals surface area contributed by atoms with Gasteiger partial charge in [0.25, 0.3) is 0 Å². The van der Waals surface area contributed by atoms with Crippen LogP contribution in [0.25, 0.3) is 0 Å². The van der Waals surface area contributed by atoms with Crippen LogP contribution in [-0.4, -0.2) is 33.6 Å². The summed E-state index contributed by atoms with van der Waals surface area (Å²) in [4.78, 5) is 16.5. The van der Waals surface area contributed by atoms with Crippen LogP contribution in [0.1, 0.15) is 25.7 Å². The molecule has 10 nitrogen and oxygen atoms in total. The summed E-state index contributed by atoms with van der Waals surface area (Å²) in [5.74, 6) is 1.03. The third kappa shape index (κ3) is 16.7. The van der Waals surface area contributed by atoms with E-state index in [2.05, 4.69) is 0 Å². The van der Waals surface area contributed by atoms with Gasteiger partial charge < -0.3 is 40.9 Å². The standard InChI is InChI=1S/C8H16O2.2NO3/c9-5-7-1-2-8(6-10)4-3-7;2*2-1(3)4/h7-10H,1-6H2;;/q;2*-1. The molecular formula is C8H16N2O8-2. The summed E-state index contributed by atoms with van der Waals surface area (Å²) in [6.45, 7) is 0.663. The van der Waals surface area contributed by atoms with Crippen molar-refractivity contribution in [1.29, 1.82) is 0 Å². The van der Waals surface area contributed by atoms with E-state index in [4.69, 9.17) is 40.9 Å². The van der Waals surface area contributed by atoms with Gasteiger partial charge in [-0.3, -0.25) is 0 Å². The molecule has 1 aliphatic carbocycles. The Bertz CT molecular complexity index is 197. The fourth-order valence-corrected chi connectivity index (χ4v) is 1.60. The predicted octanol–water partition coefficient (Wildman–Crippen LogP) is 0.299. The molecule has 10 heteroatoms. The molecule has 0 saturated heterocycles. The van der Waals surface area contributed by atoms with Crippen molar-refractivity contribution in [1.82, 2.24) is 0 Å². The number of aliphatic hydroxyl groups excluding tert-OH is 2. The SMILES string of the molecule is O=[N+]([O-])[O-].O=[N+]([O-])[O-].OCC1CCC(CO)CC1. The monoisotopic (exact) mass is 268 g/mol. The van der Waals surface area contributed by atoms with E-state index in [0.29, 0.717) is 25.0 Å². The Morgan fingerprint density at radius 1 is 0.778 bits per heavy atom. The molecule has 1 saturated carbocycles. The average molecular weight is 268 g/mol. The van der Waals surface area contributed by atoms with Gasteiger partial charge in [0.2, 0.25) is 0 Å². The fourth-order valence-electron chi connectivity index (χ4n) is 1.60. The lowest BCUT2D eigenvalue weighted by molar-refractivity contribution is -0.403. The first-order chi connectivity index (χ1) is 8.33. The molecule has 108 valence electrons. The molecule has 0 aliphatic heterocycles. The first kappa shape index (κ1) is 18.7.